The van der Waals surface area contributed by atoms with Gasteiger partial charge in [-0.1, -0.05) is 29.8 Å². The van der Waals surface area contributed by atoms with Crippen LogP contribution in [-0.2, 0) is 16.1 Å². The highest BCUT2D eigenvalue weighted by Crippen LogP contribution is 2.71. The van der Waals surface area contributed by atoms with Crippen molar-refractivity contribution in [3.63, 3.8) is 0 Å². The van der Waals surface area contributed by atoms with E-state index in [1.54, 1.807) is 7.11 Å². The lowest BCUT2D eigenvalue weighted by Crippen LogP contribution is -2.35. The summed E-state index contributed by atoms with van der Waals surface area (Å²) in [7, 11) is 1.66. The van der Waals surface area contributed by atoms with E-state index in [9.17, 15) is 4.79 Å². The number of ether oxygens (including phenoxy) is 1. The molecular weight excluding hydrogens is 274 g/mol. The molecule has 108 valence electrons. The Labute approximate surface area is 124 Å². The van der Waals surface area contributed by atoms with Crippen LogP contribution in [0.4, 0.5) is 0 Å². The molecule has 1 aromatic rings. The number of hydrogen-bond acceptors (Lipinski definition) is 2. The number of halogens is 1. The first-order valence-corrected chi connectivity index (χ1v) is 7.55. The van der Waals surface area contributed by atoms with Crippen LogP contribution in [0.15, 0.2) is 24.3 Å². The van der Waals surface area contributed by atoms with Gasteiger partial charge in [-0.3, -0.25) is 4.79 Å². The minimum atomic E-state index is 0.252. The SMILES string of the molecule is COCCN(Cc1ccccc1Cl)C(=O)C1CC12CC2. The second kappa shape index (κ2) is 5.38. The van der Waals surface area contributed by atoms with Gasteiger partial charge in [0.2, 0.25) is 5.91 Å². The lowest BCUT2D eigenvalue weighted by atomic mass is 10.2. The highest BCUT2D eigenvalue weighted by molar-refractivity contribution is 6.31. The van der Waals surface area contributed by atoms with Gasteiger partial charge in [0.05, 0.1) is 6.61 Å². The summed E-state index contributed by atoms with van der Waals surface area (Å²) in [4.78, 5) is 14.5. The molecule has 1 atom stereocenters. The van der Waals surface area contributed by atoms with Gasteiger partial charge in [-0.15, -0.1) is 0 Å². The zero-order valence-corrected chi connectivity index (χ0v) is 12.5. The lowest BCUT2D eigenvalue weighted by molar-refractivity contribution is -0.134. The molecule has 0 N–H and O–H groups in total. The predicted molar refractivity (Wildman–Crippen MR) is 78.5 cm³/mol. The summed E-state index contributed by atoms with van der Waals surface area (Å²) in [6.07, 6.45) is 3.54. The minimum Gasteiger partial charge on any atom is -0.383 e. The van der Waals surface area contributed by atoms with Gasteiger partial charge >= 0.3 is 0 Å². The van der Waals surface area contributed by atoms with Crippen molar-refractivity contribution in [3.05, 3.63) is 34.9 Å². The van der Waals surface area contributed by atoms with Crippen molar-refractivity contribution in [2.75, 3.05) is 20.3 Å². The highest BCUT2D eigenvalue weighted by Gasteiger charge is 2.66. The molecule has 2 aliphatic rings. The lowest BCUT2D eigenvalue weighted by Gasteiger charge is -2.23. The van der Waals surface area contributed by atoms with Crippen LogP contribution >= 0.6 is 11.6 Å². The van der Waals surface area contributed by atoms with Crippen molar-refractivity contribution in [1.82, 2.24) is 4.90 Å². The molecule has 0 heterocycles. The van der Waals surface area contributed by atoms with E-state index in [-0.39, 0.29) is 11.8 Å². The van der Waals surface area contributed by atoms with E-state index in [2.05, 4.69) is 0 Å². The van der Waals surface area contributed by atoms with Crippen LogP contribution in [0.1, 0.15) is 24.8 Å². The average molecular weight is 294 g/mol. The molecule has 0 aliphatic heterocycles. The van der Waals surface area contributed by atoms with Crippen LogP contribution in [0.2, 0.25) is 5.02 Å². The van der Waals surface area contributed by atoms with E-state index in [0.717, 1.165) is 17.0 Å². The molecule has 4 heteroatoms. The number of nitrogens with zero attached hydrogens (tertiary/aromatic N) is 1. The molecule has 3 nitrogen and oxygen atoms in total. The van der Waals surface area contributed by atoms with Crippen LogP contribution in [0.3, 0.4) is 0 Å². The zero-order chi connectivity index (χ0) is 14.2. The van der Waals surface area contributed by atoms with Crippen molar-refractivity contribution < 1.29 is 9.53 Å². The maximum Gasteiger partial charge on any atom is 0.226 e. The number of benzene rings is 1. The van der Waals surface area contributed by atoms with Crippen molar-refractivity contribution in [3.8, 4) is 0 Å². The third-order valence-corrected chi connectivity index (χ3v) is 4.94. The van der Waals surface area contributed by atoms with Gasteiger partial charge in [-0.2, -0.15) is 0 Å². The van der Waals surface area contributed by atoms with Crippen LogP contribution in [0.25, 0.3) is 0 Å². The Kier molecular flexibility index (Phi) is 3.74. The summed E-state index contributed by atoms with van der Waals surface area (Å²) in [5.41, 5.74) is 1.40. The molecule has 2 aliphatic carbocycles. The topological polar surface area (TPSA) is 29.5 Å². The smallest absolute Gasteiger partial charge is 0.226 e. The standard InChI is InChI=1S/C16H20ClNO2/c1-20-9-8-18(11-12-4-2-3-5-14(12)17)15(19)13-10-16(13)6-7-16/h2-5,13H,6-11H2,1H3. The Morgan fingerprint density at radius 1 is 1.45 bits per heavy atom. The van der Waals surface area contributed by atoms with Gasteiger partial charge in [-0.25, -0.2) is 0 Å². The summed E-state index contributed by atoms with van der Waals surface area (Å²) in [5.74, 6) is 0.529. The Bertz CT molecular complexity index is 513. The fourth-order valence-electron chi connectivity index (χ4n) is 2.93. The molecule has 3 rings (SSSR count). The van der Waals surface area contributed by atoms with Crippen LogP contribution in [0.5, 0.6) is 0 Å². The molecule has 2 fully saturated rings. The number of amides is 1. The first-order chi connectivity index (χ1) is 9.66. The van der Waals surface area contributed by atoms with Gasteiger partial charge in [0.25, 0.3) is 0 Å². The maximum absolute atomic E-state index is 12.6. The van der Waals surface area contributed by atoms with Crippen LogP contribution in [-0.4, -0.2) is 31.1 Å². The highest BCUT2D eigenvalue weighted by atomic mass is 35.5. The first kappa shape index (κ1) is 13.9. The Morgan fingerprint density at radius 3 is 2.80 bits per heavy atom. The summed E-state index contributed by atoms with van der Waals surface area (Å²) < 4.78 is 5.13. The molecular formula is C16H20ClNO2. The first-order valence-electron chi connectivity index (χ1n) is 7.17. The van der Waals surface area contributed by atoms with E-state index in [4.69, 9.17) is 16.3 Å². The molecule has 0 bridgehead atoms. The predicted octanol–water partition coefficient (Wildman–Crippen LogP) is 3.12. The molecule has 0 radical (unpaired) electrons. The maximum atomic E-state index is 12.6. The van der Waals surface area contributed by atoms with E-state index >= 15 is 0 Å². The van der Waals surface area contributed by atoms with E-state index in [1.807, 2.05) is 29.2 Å². The summed E-state index contributed by atoms with van der Waals surface area (Å²) in [6, 6.07) is 7.72. The summed E-state index contributed by atoms with van der Waals surface area (Å²) >= 11 is 6.20. The Morgan fingerprint density at radius 2 is 2.20 bits per heavy atom. The number of carbonyl (C=O) groups is 1. The molecule has 2 saturated carbocycles. The fourth-order valence-corrected chi connectivity index (χ4v) is 3.13. The molecule has 1 amide bonds. The van der Waals surface area contributed by atoms with E-state index in [1.165, 1.54) is 12.8 Å². The quantitative estimate of drug-likeness (QED) is 0.806. The minimum absolute atomic E-state index is 0.252. The van der Waals surface area contributed by atoms with Crippen LogP contribution in [0, 0.1) is 11.3 Å². The number of rotatable bonds is 6. The van der Waals surface area contributed by atoms with Gasteiger partial charge in [0.1, 0.15) is 0 Å². The molecule has 1 aromatic carbocycles. The van der Waals surface area contributed by atoms with Gasteiger partial charge in [-0.05, 0) is 36.3 Å². The normalized spacial score (nSPS) is 21.8. The monoisotopic (exact) mass is 293 g/mol. The largest absolute Gasteiger partial charge is 0.383 e. The third-order valence-electron chi connectivity index (χ3n) is 4.58. The van der Waals surface area contributed by atoms with E-state index < -0.39 is 0 Å². The fraction of sp³-hybridized carbons (Fsp3) is 0.562. The van der Waals surface area contributed by atoms with Crippen molar-refractivity contribution in [1.29, 1.82) is 0 Å². The number of hydrogen-bond donors (Lipinski definition) is 0. The second-order valence-electron chi connectivity index (χ2n) is 5.96. The van der Waals surface area contributed by atoms with E-state index in [0.29, 0.717) is 25.1 Å². The molecule has 20 heavy (non-hydrogen) atoms. The number of methoxy groups -OCH3 is 1. The van der Waals surface area contributed by atoms with Crippen LogP contribution < -0.4 is 0 Å². The van der Waals surface area contributed by atoms with Gasteiger partial charge < -0.3 is 9.64 Å². The molecule has 1 spiro atoms. The van der Waals surface area contributed by atoms with Crippen molar-refractivity contribution in [2.24, 2.45) is 11.3 Å². The average Bonchev–Trinajstić information content (AvgIpc) is 3.36. The van der Waals surface area contributed by atoms with Gasteiger partial charge in [0, 0.05) is 31.1 Å². The number of carbonyl (C=O) groups excluding carboxylic acids is 1. The summed E-state index contributed by atoms with van der Waals surface area (Å²) in [5, 5.41) is 0.722. The second-order valence-corrected chi connectivity index (χ2v) is 6.37. The molecule has 1 unspecified atom stereocenters. The Hall–Kier alpha value is -1.06. The summed E-state index contributed by atoms with van der Waals surface area (Å²) in [6.45, 7) is 1.78. The third kappa shape index (κ3) is 2.70. The van der Waals surface area contributed by atoms with Gasteiger partial charge in [0.15, 0.2) is 0 Å². The van der Waals surface area contributed by atoms with Crippen molar-refractivity contribution in [2.45, 2.75) is 25.8 Å². The van der Waals surface area contributed by atoms with Crippen molar-refractivity contribution >= 4 is 17.5 Å². The molecule has 0 saturated heterocycles. The molecule has 0 aromatic heterocycles. The zero-order valence-electron chi connectivity index (χ0n) is 11.8. The Balaban J connectivity index is 1.69.